The van der Waals surface area contributed by atoms with E-state index in [0.717, 1.165) is 75.2 Å². The van der Waals surface area contributed by atoms with Gasteiger partial charge < -0.3 is 29.6 Å². The molecule has 2 N–H and O–H groups in total. The first-order chi connectivity index (χ1) is 14.2. The second-order valence-corrected chi connectivity index (χ2v) is 7.47. The zero-order chi connectivity index (χ0) is 20.5. The van der Waals surface area contributed by atoms with Gasteiger partial charge in [-0.25, -0.2) is 4.99 Å². The lowest BCUT2D eigenvalue weighted by Crippen LogP contribution is -2.38. The van der Waals surface area contributed by atoms with Gasteiger partial charge in [0.15, 0.2) is 5.96 Å². The molecule has 1 aromatic carbocycles. The van der Waals surface area contributed by atoms with Gasteiger partial charge >= 0.3 is 0 Å². The molecule has 7 nitrogen and oxygen atoms in total. The summed E-state index contributed by atoms with van der Waals surface area (Å²) < 4.78 is 22.9. The fraction of sp³-hybridized carbons (Fsp3) is 0.682. The minimum Gasteiger partial charge on any atom is -0.494 e. The second kappa shape index (κ2) is 11.3. The maximum atomic E-state index is 5.91. The van der Waals surface area contributed by atoms with Gasteiger partial charge in [-0.05, 0) is 45.7 Å². The number of nitrogens with one attached hydrogen (secondary N) is 2. The molecule has 2 atom stereocenters. The largest absolute Gasteiger partial charge is 0.494 e. The first-order valence-corrected chi connectivity index (χ1v) is 10.9. The minimum absolute atomic E-state index is 0.218. The standard InChI is InChI=1S/C22H35N3O4/c1-4-23-22(24-8-6-9-28-19-7-10-26-15-19)25-14-18-13-21-17(11-16(3)29-21)12-20(18)27-5-2/h12-13,16,19H,4-11,14-15H2,1-3H3,(H2,23,24,25). The normalized spacial score (nSPS) is 21.0. The van der Waals surface area contributed by atoms with Crippen molar-refractivity contribution in [3.63, 3.8) is 0 Å². The number of ether oxygens (including phenoxy) is 4. The molecule has 1 saturated heterocycles. The third kappa shape index (κ3) is 6.51. The predicted octanol–water partition coefficient (Wildman–Crippen LogP) is 2.66. The highest BCUT2D eigenvalue weighted by molar-refractivity contribution is 5.79. The molecule has 2 aliphatic heterocycles. The van der Waals surface area contributed by atoms with Crippen molar-refractivity contribution in [1.29, 1.82) is 0 Å². The van der Waals surface area contributed by atoms with Crippen molar-refractivity contribution in [3.8, 4) is 11.5 Å². The van der Waals surface area contributed by atoms with Crippen molar-refractivity contribution in [2.75, 3.05) is 39.5 Å². The number of hydrogen-bond acceptors (Lipinski definition) is 5. The number of guanidine groups is 1. The van der Waals surface area contributed by atoms with E-state index < -0.39 is 0 Å². The van der Waals surface area contributed by atoms with E-state index in [-0.39, 0.29) is 12.2 Å². The van der Waals surface area contributed by atoms with Crippen LogP contribution >= 0.6 is 0 Å². The Morgan fingerprint density at radius 3 is 2.93 bits per heavy atom. The van der Waals surface area contributed by atoms with Crippen LogP contribution < -0.4 is 20.1 Å². The van der Waals surface area contributed by atoms with Crippen LogP contribution in [0.3, 0.4) is 0 Å². The Labute approximate surface area is 174 Å². The van der Waals surface area contributed by atoms with Gasteiger partial charge in [0.1, 0.15) is 17.6 Å². The SMILES string of the molecule is CCNC(=NCc1cc2c(cc1OCC)CC(C)O2)NCCCOC1CCOC1. The quantitative estimate of drug-likeness (QED) is 0.354. The predicted molar refractivity (Wildman–Crippen MR) is 114 cm³/mol. The molecule has 1 aromatic rings. The van der Waals surface area contributed by atoms with Gasteiger partial charge in [0.2, 0.25) is 0 Å². The molecular formula is C22H35N3O4. The van der Waals surface area contributed by atoms with E-state index in [4.69, 9.17) is 23.9 Å². The highest BCUT2D eigenvalue weighted by atomic mass is 16.5. The van der Waals surface area contributed by atoms with E-state index in [0.29, 0.717) is 13.2 Å². The van der Waals surface area contributed by atoms with Crippen LogP contribution in [0.4, 0.5) is 0 Å². The average molecular weight is 406 g/mol. The highest BCUT2D eigenvalue weighted by Crippen LogP contribution is 2.35. The smallest absolute Gasteiger partial charge is 0.191 e. The van der Waals surface area contributed by atoms with Gasteiger partial charge in [-0.1, -0.05) is 0 Å². The molecule has 3 rings (SSSR count). The van der Waals surface area contributed by atoms with Crippen LogP contribution in [-0.4, -0.2) is 57.7 Å². The van der Waals surface area contributed by atoms with Gasteiger partial charge in [-0.3, -0.25) is 0 Å². The summed E-state index contributed by atoms with van der Waals surface area (Å²) in [6.07, 6.45) is 3.34. The van der Waals surface area contributed by atoms with E-state index in [9.17, 15) is 0 Å². The highest BCUT2D eigenvalue weighted by Gasteiger charge is 2.22. The molecule has 0 aliphatic carbocycles. The van der Waals surface area contributed by atoms with Gasteiger partial charge in [0.05, 0.1) is 25.9 Å². The molecule has 2 heterocycles. The Morgan fingerprint density at radius 2 is 2.17 bits per heavy atom. The second-order valence-electron chi connectivity index (χ2n) is 7.47. The fourth-order valence-corrected chi connectivity index (χ4v) is 3.57. The van der Waals surface area contributed by atoms with E-state index in [1.54, 1.807) is 0 Å². The molecule has 0 spiro atoms. The van der Waals surface area contributed by atoms with Crippen LogP contribution in [0.1, 0.15) is 44.7 Å². The first-order valence-electron chi connectivity index (χ1n) is 10.9. The minimum atomic E-state index is 0.218. The van der Waals surface area contributed by atoms with Crippen LogP contribution in [0.5, 0.6) is 11.5 Å². The van der Waals surface area contributed by atoms with E-state index >= 15 is 0 Å². The molecule has 0 saturated carbocycles. The monoisotopic (exact) mass is 405 g/mol. The Bertz CT molecular complexity index is 674. The molecule has 7 heteroatoms. The molecule has 1 fully saturated rings. The summed E-state index contributed by atoms with van der Waals surface area (Å²) in [5, 5.41) is 6.68. The van der Waals surface area contributed by atoms with E-state index in [1.807, 2.05) is 6.92 Å². The zero-order valence-electron chi connectivity index (χ0n) is 18.0. The van der Waals surface area contributed by atoms with Gasteiger partial charge in [0.25, 0.3) is 0 Å². The summed E-state index contributed by atoms with van der Waals surface area (Å²) in [5.41, 5.74) is 2.26. The molecular weight excluding hydrogens is 370 g/mol. The summed E-state index contributed by atoms with van der Waals surface area (Å²) in [6.45, 7) is 11.2. The maximum Gasteiger partial charge on any atom is 0.191 e. The molecule has 0 aromatic heterocycles. The van der Waals surface area contributed by atoms with Crippen molar-refractivity contribution in [2.24, 2.45) is 4.99 Å². The number of rotatable bonds is 10. The van der Waals surface area contributed by atoms with Crippen molar-refractivity contribution in [1.82, 2.24) is 10.6 Å². The number of hydrogen-bond donors (Lipinski definition) is 2. The van der Waals surface area contributed by atoms with Crippen molar-refractivity contribution in [2.45, 2.75) is 58.8 Å². The van der Waals surface area contributed by atoms with E-state index in [1.165, 1.54) is 5.56 Å². The summed E-state index contributed by atoms with van der Waals surface area (Å²) in [6, 6.07) is 4.19. The summed E-state index contributed by atoms with van der Waals surface area (Å²) in [5.74, 6) is 2.65. The average Bonchev–Trinajstić information content (AvgIpc) is 3.34. The Morgan fingerprint density at radius 1 is 1.28 bits per heavy atom. The van der Waals surface area contributed by atoms with Crippen LogP contribution in [0.25, 0.3) is 0 Å². The fourth-order valence-electron chi connectivity index (χ4n) is 3.57. The van der Waals surface area contributed by atoms with Crippen molar-refractivity contribution >= 4 is 5.96 Å². The summed E-state index contributed by atoms with van der Waals surface area (Å²) in [4.78, 5) is 4.74. The molecule has 0 bridgehead atoms. The van der Waals surface area contributed by atoms with Crippen LogP contribution in [0.2, 0.25) is 0 Å². The molecule has 2 unspecified atom stereocenters. The molecule has 29 heavy (non-hydrogen) atoms. The van der Waals surface area contributed by atoms with Crippen molar-refractivity contribution < 1.29 is 18.9 Å². The lowest BCUT2D eigenvalue weighted by molar-refractivity contribution is 0.0420. The van der Waals surface area contributed by atoms with Gasteiger partial charge in [-0.2, -0.15) is 0 Å². The molecule has 162 valence electrons. The molecule has 2 aliphatic rings. The van der Waals surface area contributed by atoms with Gasteiger partial charge in [0, 0.05) is 43.9 Å². The topological polar surface area (TPSA) is 73.3 Å². The van der Waals surface area contributed by atoms with Gasteiger partial charge in [-0.15, -0.1) is 0 Å². The lowest BCUT2D eigenvalue weighted by Gasteiger charge is -2.14. The van der Waals surface area contributed by atoms with Crippen LogP contribution in [0, 0.1) is 0 Å². The Hall–Kier alpha value is -1.99. The lowest BCUT2D eigenvalue weighted by atomic mass is 10.1. The number of nitrogens with zero attached hydrogens (tertiary/aromatic N) is 1. The van der Waals surface area contributed by atoms with Crippen molar-refractivity contribution in [3.05, 3.63) is 23.3 Å². The maximum absolute atomic E-state index is 5.91. The number of fused-ring (bicyclic) bond motifs is 1. The summed E-state index contributed by atoms with van der Waals surface area (Å²) >= 11 is 0. The number of benzene rings is 1. The third-order valence-corrected chi connectivity index (χ3v) is 4.99. The van der Waals surface area contributed by atoms with Crippen LogP contribution in [0.15, 0.2) is 17.1 Å². The summed E-state index contributed by atoms with van der Waals surface area (Å²) in [7, 11) is 0. The zero-order valence-corrected chi connectivity index (χ0v) is 18.0. The first kappa shape index (κ1) is 21.7. The Kier molecular flexibility index (Phi) is 8.43. The number of aliphatic imine (C=N–C) groups is 1. The molecule has 0 radical (unpaired) electrons. The molecule has 0 amide bonds. The third-order valence-electron chi connectivity index (χ3n) is 4.99. The van der Waals surface area contributed by atoms with Crippen LogP contribution in [-0.2, 0) is 22.4 Å². The van der Waals surface area contributed by atoms with E-state index in [2.05, 4.69) is 36.6 Å². The Balaban J connectivity index is 1.54.